The highest BCUT2D eigenvalue weighted by Crippen LogP contribution is 2.28. The Morgan fingerprint density at radius 2 is 1.79 bits per heavy atom. The lowest BCUT2D eigenvalue weighted by Crippen LogP contribution is -2.19. The summed E-state index contributed by atoms with van der Waals surface area (Å²) in [6.07, 6.45) is -3.16. The number of carbonyl (C=O) groups is 1. The van der Waals surface area contributed by atoms with Gasteiger partial charge in [0.05, 0.1) is 5.52 Å². The summed E-state index contributed by atoms with van der Waals surface area (Å²) in [4.78, 5) is 30.1. The second-order valence-corrected chi connectivity index (χ2v) is 7.87. The second kappa shape index (κ2) is 8.66. The summed E-state index contributed by atoms with van der Waals surface area (Å²) in [6, 6.07) is 13.5. The van der Waals surface area contributed by atoms with E-state index in [4.69, 9.17) is 0 Å². The Hall–Kier alpha value is -4.14. The fraction of sp³-hybridized carbons (Fsp3) is 0.160. The number of hydrogen-bond acceptors (Lipinski definition) is 4. The first kappa shape index (κ1) is 23.0. The maximum Gasteiger partial charge on any atom is 0.573 e. The van der Waals surface area contributed by atoms with Crippen molar-refractivity contribution < 1.29 is 22.7 Å². The topological polar surface area (TPSA) is 73.2 Å². The van der Waals surface area contributed by atoms with Gasteiger partial charge in [-0.05, 0) is 67.4 Å². The third-order valence-corrected chi connectivity index (χ3v) is 5.36. The Labute approximate surface area is 192 Å². The molecule has 0 saturated carbocycles. The smallest absolute Gasteiger partial charge is 0.406 e. The fourth-order valence-electron chi connectivity index (χ4n) is 3.69. The number of nitrogens with zero attached hydrogens (tertiary/aromatic N) is 2. The molecule has 0 atom stereocenters. The van der Waals surface area contributed by atoms with Crippen molar-refractivity contribution in [3.05, 3.63) is 88.0 Å². The van der Waals surface area contributed by atoms with E-state index in [9.17, 15) is 22.8 Å². The van der Waals surface area contributed by atoms with Crippen LogP contribution in [0.3, 0.4) is 0 Å². The summed E-state index contributed by atoms with van der Waals surface area (Å²) in [7, 11) is 1.69. The zero-order valence-electron chi connectivity index (χ0n) is 18.5. The third-order valence-electron chi connectivity index (χ3n) is 5.36. The average Bonchev–Trinajstić information content (AvgIpc) is 2.77. The summed E-state index contributed by atoms with van der Waals surface area (Å²) in [5, 5.41) is 3.46. The molecule has 0 spiro atoms. The van der Waals surface area contributed by atoms with E-state index < -0.39 is 18.0 Å². The number of ether oxygens (including phenoxy) is 1. The Morgan fingerprint density at radius 1 is 1.03 bits per heavy atom. The number of nitrogens with one attached hydrogen (secondary N) is 1. The van der Waals surface area contributed by atoms with Crippen LogP contribution in [0.5, 0.6) is 5.75 Å². The highest BCUT2D eigenvalue weighted by Gasteiger charge is 2.31. The Kier molecular flexibility index (Phi) is 5.87. The number of anilines is 1. The lowest BCUT2D eigenvalue weighted by Gasteiger charge is -2.13. The van der Waals surface area contributed by atoms with Crippen LogP contribution < -0.4 is 15.6 Å². The first-order valence-electron chi connectivity index (χ1n) is 10.3. The predicted octanol–water partition coefficient (Wildman–Crippen LogP) is 5.37. The Morgan fingerprint density at radius 3 is 2.53 bits per heavy atom. The minimum absolute atomic E-state index is 0.00746. The van der Waals surface area contributed by atoms with E-state index in [-0.39, 0.29) is 11.1 Å². The van der Waals surface area contributed by atoms with Gasteiger partial charge in [0.1, 0.15) is 5.75 Å². The molecule has 0 aliphatic rings. The van der Waals surface area contributed by atoms with Crippen LogP contribution >= 0.6 is 0 Å². The van der Waals surface area contributed by atoms with Crippen molar-refractivity contribution in [2.24, 2.45) is 7.05 Å². The van der Waals surface area contributed by atoms with Gasteiger partial charge in [-0.2, -0.15) is 0 Å². The summed E-state index contributed by atoms with van der Waals surface area (Å²) < 4.78 is 42.9. The van der Waals surface area contributed by atoms with Gasteiger partial charge in [0.25, 0.3) is 11.5 Å². The zero-order chi connectivity index (χ0) is 24.6. The largest absolute Gasteiger partial charge is 0.573 e. The second-order valence-electron chi connectivity index (χ2n) is 7.87. The predicted molar refractivity (Wildman–Crippen MR) is 123 cm³/mol. The molecule has 0 radical (unpaired) electrons. The van der Waals surface area contributed by atoms with Crippen molar-refractivity contribution in [2.45, 2.75) is 20.2 Å². The molecular formula is C25H20F3N3O3. The van der Waals surface area contributed by atoms with Gasteiger partial charge in [-0.1, -0.05) is 12.1 Å². The number of alkyl halides is 3. The SMILES string of the molecule is Cc1cc2c(cn1)cc(-c1cc(NC(=O)c3cccc(OC(F)(F)F)c3)ccc1C)c(=O)n2C. The number of benzene rings is 2. The molecule has 174 valence electrons. The molecule has 6 nitrogen and oxygen atoms in total. The van der Waals surface area contributed by atoms with Gasteiger partial charge in [0.2, 0.25) is 0 Å². The number of aromatic nitrogens is 2. The highest BCUT2D eigenvalue weighted by atomic mass is 19.4. The quantitative estimate of drug-likeness (QED) is 0.438. The molecule has 2 heterocycles. The van der Waals surface area contributed by atoms with E-state index in [2.05, 4.69) is 15.0 Å². The first-order valence-corrected chi connectivity index (χ1v) is 10.3. The molecule has 34 heavy (non-hydrogen) atoms. The van der Waals surface area contributed by atoms with Crippen LogP contribution in [0.15, 0.2) is 65.6 Å². The molecule has 0 aliphatic carbocycles. The van der Waals surface area contributed by atoms with Gasteiger partial charge in [-0.15, -0.1) is 13.2 Å². The Balaban J connectivity index is 1.68. The van der Waals surface area contributed by atoms with Gasteiger partial charge in [0.15, 0.2) is 0 Å². The molecule has 0 aliphatic heterocycles. The Bertz CT molecular complexity index is 1480. The number of aryl methyl sites for hydroxylation is 3. The maximum atomic E-state index is 13.1. The highest BCUT2D eigenvalue weighted by molar-refractivity contribution is 6.04. The standard InChI is InChI=1S/C25H20F3N3O3/c1-14-7-8-18(30-23(32)16-5-4-6-19(10-16)34-25(26,27)28)12-20(14)21-11-17-13-29-15(2)9-22(17)31(3)24(21)33/h4-13H,1-3H3,(H,30,32). The third kappa shape index (κ3) is 4.78. The van der Waals surface area contributed by atoms with Crippen molar-refractivity contribution in [3.63, 3.8) is 0 Å². The normalized spacial score (nSPS) is 11.5. The number of hydrogen-bond donors (Lipinski definition) is 1. The van der Waals surface area contributed by atoms with Crippen molar-refractivity contribution in [3.8, 4) is 16.9 Å². The van der Waals surface area contributed by atoms with Gasteiger partial charge >= 0.3 is 6.36 Å². The summed E-state index contributed by atoms with van der Waals surface area (Å²) in [5.41, 5.74) is 3.59. The maximum absolute atomic E-state index is 13.1. The van der Waals surface area contributed by atoms with Crippen molar-refractivity contribution in [1.82, 2.24) is 9.55 Å². The van der Waals surface area contributed by atoms with Gasteiger partial charge in [0, 0.05) is 41.1 Å². The van der Waals surface area contributed by atoms with E-state index >= 15 is 0 Å². The summed E-state index contributed by atoms with van der Waals surface area (Å²) >= 11 is 0. The minimum Gasteiger partial charge on any atom is -0.406 e. The molecule has 1 N–H and O–H groups in total. The molecule has 4 rings (SSSR count). The van der Waals surface area contributed by atoms with Gasteiger partial charge in [-0.3, -0.25) is 14.6 Å². The van der Waals surface area contributed by atoms with E-state index in [1.54, 1.807) is 42.1 Å². The van der Waals surface area contributed by atoms with Crippen LogP contribution in [0, 0.1) is 13.8 Å². The van der Waals surface area contributed by atoms with Crippen molar-refractivity contribution in [1.29, 1.82) is 0 Å². The average molecular weight is 467 g/mol. The van der Waals surface area contributed by atoms with Crippen LogP contribution in [0.4, 0.5) is 18.9 Å². The molecule has 0 fully saturated rings. The first-order chi connectivity index (χ1) is 16.0. The number of halogens is 3. The number of carbonyl (C=O) groups excluding carboxylic acids is 1. The molecule has 0 unspecified atom stereocenters. The molecule has 2 aromatic heterocycles. The number of amides is 1. The minimum atomic E-state index is -4.86. The van der Waals surface area contributed by atoms with E-state index in [0.717, 1.165) is 34.3 Å². The summed E-state index contributed by atoms with van der Waals surface area (Å²) in [6.45, 7) is 3.69. The molecule has 4 aromatic rings. The van der Waals surface area contributed by atoms with Crippen LogP contribution in [0.1, 0.15) is 21.6 Å². The van der Waals surface area contributed by atoms with Crippen LogP contribution in [0.25, 0.3) is 22.0 Å². The monoisotopic (exact) mass is 467 g/mol. The van der Waals surface area contributed by atoms with Gasteiger partial charge < -0.3 is 14.6 Å². The molecule has 9 heteroatoms. The van der Waals surface area contributed by atoms with E-state index in [0.29, 0.717) is 16.8 Å². The van der Waals surface area contributed by atoms with Crippen LogP contribution in [-0.4, -0.2) is 21.8 Å². The van der Waals surface area contributed by atoms with Crippen molar-refractivity contribution >= 4 is 22.5 Å². The number of pyridine rings is 2. The zero-order valence-corrected chi connectivity index (χ0v) is 18.5. The molecule has 1 amide bonds. The van der Waals surface area contributed by atoms with Crippen molar-refractivity contribution in [2.75, 3.05) is 5.32 Å². The molecule has 0 bridgehead atoms. The summed E-state index contributed by atoms with van der Waals surface area (Å²) in [5.74, 6) is -1.11. The lowest BCUT2D eigenvalue weighted by atomic mass is 9.99. The van der Waals surface area contributed by atoms with Gasteiger partial charge in [-0.25, -0.2) is 0 Å². The molecule has 2 aromatic carbocycles. The van der Waals surface area contributed by atoms with E-state index in [1.165, 1.54) is 12.1 Å². The van der Waals surface area contributed by atoms with E-state index in [1.807, 2.05) is 19.9 Å². The molecular weight excluding hydrogens is 447 g/mol. The lowest BCUT2D eigenvalue weighted by molar-refractivity contribution is -0.274. The van der Waals surface area contributed by atoms with Crippen LogP contribution in [-0.2, 0) is 7.05 Å². The number of fused-ring (bicyclic) bond motifs is 1. The van der Waals surface area contributed by atoms with Crippen LogP contribution in [0.2, 0.25) is 0 Å². The molecule has 0 saturated heterocycles. The fourth-order valence-corrected chi connectivity index (χ4v) is 3.69. The number of rotatable bonds is 4.